The molecule has 0 aliphatic rings. The number of nitrogens with two attached hydrogens (primary N) is 2. The van der Waals surface area contributed by atoms with E-state index < -0.39 is 48.2 Å². The van der Waals surface area contributed by atoms with Gasteiger partial charge in [-0.1, -0.05) is 36.4 Å². The highest BCUT2D eigenvalue weighted by molar-refractivity contribution is 7.21. The van der Waals surface area contributed by atoms with Gasteiger partial charge in [-0.3, -0.25) is 29.4 Å². The van der Waals surface area contributed by atoms with Crippen LogP contribution in [0.15, 0.2) is 60.7 Å². The minimum atomic E-state index is -1.29. The van der Waals surface area contributed by atoms with Crippen molar-refractivity contribution in [2.75, 3.05) is 19.6 Å². The molecule has 0 saturated carbocycles. The molecule has 4 rings (SSSR count). The van der Waals surface area contributed by atoms with Crippen LogP contribution in [0.2, 0.25) is 0 Å². The Morgan fingerprint density at radius 3 is 1.89 bits per heavy atom. The molecule has 2 atom stereocenters. The summed E-state index contributed by atoms with van der Waals surface area (Å²) in [5.74, 6) is -3.37. The summed E-state index contributed by atoms with van der Waals surface area (Å²) in [6, 6.07) is 16.1. The van der Waals surface area contributed by atoms with Crippen LogP contribution in [0, 0.1) is 5.41 Å². The molecule has 13 nitrogen and oxygen atoms in total. The number of rotatable bonds is 14. The fourth-order valence-electron chi connectivity index (χ4n) is 4.28. The lowest BCUT2D eigenvalue weighted by Gasteiger charge is -2.23. The third-order valence-electron chi connectivity index (χ3n) is 6.44. The van der Waals surface area contributed by atoms with Crippen molar-refractivity contribution in [3.63, 3.8) is 0 Å². The van der Waals surface area contributed by atoms with Crippen LogP contribution in [-0.4, -0.2) is 67.2 Å². The van der Waals surface area contributed by atoms with E-state index in [1.807, 2.05) is 48.5 Å². The van der Waals surface area contributed by atoms with Crippen molar-refractivity contribution in [1.82, 2.24) is 26.6 Å². The van der Waals surface area contributed by atoms with Crippen LogP contribution in [0.3, 0.4) is 0 Å². The number of hydrogen-bond donors (Lipinski definition) is 8. The Morgan fingerprint density at radius 2 is 1.32 bits per heavy atom. The van der Waals surface area contributed by atoms with Gasteiger partial charge in [-0.2, -0.15) is 0 Å². The smallest absolute Gasteiger partial charge is 0.262 e. The minimum Gasteiger partial charge on any atom is -0.370 e. The molecule has 0 saturated heterocycles. The molecule has 0 spiro atoms. The number of carbonyl (C=O) groups is 5. The van der Waals surface area contributed by atoms with Crippen LogP contribution in [0.4, 0.5) is 0 Å². The number of guanidine groups is 1. The average Bonchev–Trinajstić information content (AvgIpc) is 3.64. The molecular weight excluding hydrogens is 605 g/mol. The number of amides is 5. The summed E-state index contributed by atoms with van der Waals surface area (Å²) in [6.45, 7) is -0.504. The first-order valence-corrected chi connectivity index (χ1v) is 15.2. The molecular formula is C29H32N8O5S2. The van der Waals surface area contributed by atoms with Crippen LogP contribution < -0.4 is 38.1 Å². The minimum absolute atomic E-state index is 0.145. The zero-order chi connectivity index (χ0) is 31.6. The summed E-state index contributed by atoms with van der Waals surface area (Å²) in [7, 11) is 0. The van der Waals surface area contributed by atoms with Gasteiger partial charge in [-0.05, 0) is 47.9 Å². The molecule has 2 aromatic carbocycles. The van der Waals surface area contributed by atoms with Crippen molar-refractivity contribution >= 4 is 78.3 Å². The first-order chi connectivity index (χ1) is 21.1. The van der Waals surface area contributed by atoms with Gasteiger partial charge in [0.2, 0.25) is 17.7 Å². The van der Waals surface area contributed by atoms with E-state index in [0.717, 1.165) is 20.2 Å². The number of primary amides is 1. The van der Waals surface area contributed by atoms with Gasteiger partial charge in [-0.25, -0.2) is 0 Å². The largest absolute Gasteiger partial charge is 0.370 e. The first-order valence-electron chi connectivity index (χ1n) is 13.6. The summed E-state index contributed by atoms with van der Waals surface area (Å²) in [5.41, 5.74) is 10.5. The maximum atomic E-state index is 13.5. The highest BCUT2D eigenvalue weighted by Gasteiger charge is 2.28. The lowest BCUT2D eigenvalue weighted by molar-refractivity contribution is -0.130. The zero-order valence-corrected chi connectivity index (χ0v) is 25.1. The molecule has 0 fully saturated rings. The van der Waals surface area contributed by atoms with Crippen LogP contribution in [-0.2, 0) is 14.4 Å². The molecule has 0 bridgehead atoms. The van der Waals surface area contributed by atoms with Crippen molar-refractivity contribution in [2.45, 2.75) is 24.9 Å². The topological polar surface area (TPSA) is 221 Å². The lowest BCUT2D eigenvalue weighted by Crippen LogP contribution is -2.57. The van der Waals surface area contributed by atoms with Gasteiger partial charge in [-0.15, -0.1) is 22.7 Å². The summed E-state index contributed by atoms with van der Waals surface area (Å²) in [6.07, 6.45) is 0.498. The second-order valence-corrected chi connectivity index (χ2v) is 11.9. The second kappa shape index (κ2) is 14.9. The van der Waals surface area contributed by atoms with Gasteiger partial charge in [0.25, 0.3) is 11.8 Å². The molecule has 5 amide bonds. The van der Waals surface area contributed by atoms with Crippen molar-refractivity contribution in [3.8, 4) is 0 Å². The van der Waals surface area contributed by atoms with Gasteiger partial charge in [0.15, 0.2) is 5.96 Å². The number of benzene rings is 2. The molecule has 0 radical (unpaired) electrons. The average molecular weight is 637 g/mol. The third kappa shape index (κ3) is 8.75. The van der Waals surface area contributed by atoms with Crippen molar-refractivity contribution in [3.05, 3.63) is 70.4 Å². The standard InChI is InChI=1S/C29H32N8O5S2/c30-24(38)15-35-25(39)19(14-34-27(41)22-12-16-6-1-3-9-20(16)43-22)37-26(40)18(8-5-11-33-29(31)32)36-28(42)23-13-17-7-2-4-10-21(17)44-23/h1-4,6-7,9-10,12-13,18-19H,5,8,11,14-15H2,(H2,30,38)(H,34,41)(H,35,39)(H,36,42)(H,37,40)(H4,31,32,33)/t18-,19-/m0/s1. The molecule has 15 heteroatoms. The predicted molar refractivity (Wildman–Crippen MR) is 171 cm³/mol. The number of nitrogens with one attached hydrogen (secondary N) is 6. The molecule has 4 aromatic rings. The number of carbonyl (C=O) groups excluding carboxylic acids is 5. The third-order valence-corrected chi connectivity index (χ3v) is 8.67. The van der Waals surface area contributed by atoms with Gasteiger partial charge in [0, 0.05) is 22.5 Å². The van der Waals surface area contributed by atoms with E-state index in [1.165, 1.54) is 22.7 Å². The number of thiophene rings is 2. The van der Waals surface area contributed by atoms with Crippen LogP contribution in [0.25, 0.3) is 20.2 Å². The molecule has 10 N–H and O–H groups in total. The Morgan fingerprint density at radius 1 is 0.727 bits per heavy atom. The Labute approximate surface area is 260 Å². The van der Waals surface area contributed by atoms with E-state index in [0.29, 0.717) is 16.2 Å². The summed E-state index contributed by atoms with van der Waals surface area (Å²) < 4.78 is 1.82. The molecule has 0 aliphatic heterocycles. The Balaban J connectivity index is 1.48. The van der Waals surface area contributed by atoms with E-state index >= 15 is 0 Å². The van der Waals surface area contributed by atoms with E-state index in [2.05, 4.69) is 26.6 Å². The molecule has 0 unspecified atom stereocenters. The fraction of sp³-hybridized carbons (Fsp3) is 0.241. The van der Waals surface area contributed by atoms with Gasteiger partial charge in [0.1, 0.15) is 12.1 Å². The highest BCUT2D eigenvalue weighted by Crippen LogP contribution is 2.26. The normalized spacial score (nSPS) is 12.2. The Bertz CT molecular complexity index is 1640. The molecule has 230 valence electrons. The fourth-order valence-corrected chi connectivity index (χ4v) is 6.22. The van der Waals surface area contributed by atoms with E-state index in [-0.39, 0.29) is 25.5 Å². The molecule has 0 aliphatic carbocycles. The zero-order valence-electron chi connectivity index (χ0n) is 23.5. The lowest BCUT2D eigenvalue weighted by atomic mass is 10.1. The Hall–Kier alpha value is -5.02. The Kier molecular flexibility index (Phi) is 10.8. The van der Waals surface area contributed by atoms with Crippen molar-refractivity contribution in [1.29, 1.82) is 5.41 Å². The van der Waals surface area contributed by atoms with E-state index in [1.54, 1.807) is 12.1 Å². The van der Waals surface area contributed by atoms with Crippen LogP contribution >= 0.6 is 22.7 Å². The molecule has 2 heterocycles. The SMILES string of the molecule is N=C(N)NCCC[C@H](NC(=O)c1cc2ccccc2s1)C(=O)N[C@@H](CNC(=O)c1cc2ccccc2s1)C(=O)NCC(N)=O. The van der Waals surface area contributed by atoms with E-state index in [9.17, 15) is 24.0 Å². The first kappa shape index (κ1) is 31.9. The highest BCUT2D eigenvalue weighted by atomic mass is 32.1. The molecule has 2 aromatic heterocycles. The summed E-state index contributed by atoms with van der Waals surface area (Å²) in [4.78, 5) is 64.7. The second-order valence-electron chi connectivity index (χ2n) is 9.76. The van der Waals surface area contributed by atoms with Crippen LogP contribution in [0.1, 0.15) is 32.2 Å². The predicted octanol–water partition coefficient (Wildman–Crippen LogP) is 0.994. The maximum absolute atomic E-state index is 13.5. The van der Waals surface area contributed by atoms with Gasteiger partial charge >= 0.3 is 0 Å². The van der Waals surface area contributed by atoms with E-state index in [4.69, 9.17) is 16.9 Å². The summed E-state index contributed by atoms with van der Waals surface area (Å²) >= 11 is 2.56. The quantitative estimate of drug-likeness (QED) is 0.0569. The van der Waals surface area contributed by atoms with Gasteiger partial charge < -0.3 is 38.1 Å². The number of hydrogen-bond acceptors (Lipinski definition) is 8. The van der Waals surface area contributed by atoms with Crippen LogP contribution in [0.5, 0.6) is 0 Å². The summed E-state index contributed by atoms with van der Waals surface area (Å²) in [5, 5.41) is 22.1. The monoisotopic (exact) mass is 636 g/mol. The van der Waals surface area contributed by atoms with Crippen molar-refractivity contribution in [2.24, 2.45) is 11.5 Å². The number of fused-ring (bicyclic) bond motifs is 2. The van der Waals surface area contributed by atoms with Gasteiger partial charge in [0.05, 0.1) is 16.3 Å². The van der Waals surface area contributed by atoms with Crippen molar-refractivity contribution < 1.29 is 24.0 Å². The molecule has 44 heavy (non-hydrogen) atoms. The maximum Gasteiger partial charge on any atom is 0.262 e.